The second-order valence-corrected chi connectivity index (χ2v) is 3.38. The maximum absolute atomic E-state index is 9.96. The summed E-state index contributed by atoms with van der Waals surface area (Å²) < 4.78 is 0. The van der Waals surface area contributed by atoms with Crippen molar-refractivity contribution in [1.29, 1.82) is 0 Å². The minimum absolute atomic E-state index is 0.157. The number of H-pyrrole nitrogens is 2. The van der Waals surface area contributed by atoms with E-state index in [0.29, 0.717) is 0 Å². The van der Waals surface area contributed by atoms with Gasteiger partial charge < -0.3 is 9.97 Å². The zero-order valence-corrected chi connectivity index (χ0v) is 9.33. The van der Waals surface area contributed by atoms with Crippen LogP contribution in [-0.4, -0.2) is 16.1 Å². The molecule has 0 spiro atoms. The molecule has 0 saturated carbocycles. The van der Waals surface area contributed by atoms with Crippen LogP contribution in [0.15, 0.2) is 17.2 Å². The number of rotatable bonds is 4. The SMILES string of the molecule is CCCCCCP.O=c1[nH]cc[nH]1. The fourth-order valence-electron chi connectivity index (χ4n) is 0.847. The molecule has 4 heteroatoms. The largest absolute Gasteiger partial charge is 0.322 e. The van der Waals surface area contributed by atoms with Crippen molar-refractivity contribution in [2.45, 2.75) is 32.6 Å². The molecule has 1 aromatic rings. The zero-order chi connectivity index (χ0) is 9.94. The molecule has 1 heterocycles. The van der Waals surface area contributed by atoms with Crippen LogP contribution in [0.4, 0.5) is 0 Å². The van der Waals surface area contributed by atoms with Crippen molar-refractivity contribution in [1.82, 2.24) is 9.97 Å². The lowest BCUT2D eigenvalue weighted by molar-refractivity contribution is 0.706. The Labute approximate surface area is 81.5 Å². The molecular weight excluding hydrogens is 183 g/mol. The van der Waals surface area contributed by atoms with Gasteiger partial charge in [-0.1, -0.05) is 26.2 Å². The molecule has 0 aliphatic carbocycles. The highest BCUT2D eigenvalue weighted by Crippen LogP contribution is 2.00. The number of unbranched alkanes of at least 4 members (excludes halogenated alkanes) is 3. The van der Waals surface area contributed by atoms with Crippen molar-refractivity contribution >= 4 is 9.24 Å². The van der Waals surface area contributed by atoms with Crippen LogP contribution < -0.4 is 5.69 Å². The lowest BCUT2D eigenvalue weighted by Gasteiger charge is -1.90. The van der Waals surface area contributed by atoms with Gasteiger partial charge >= 0.3 is 5.69 Å². The van der Waals surface area contributed by atoms with Gasteiger partial charge in [-0.25, -0.2) is 4.79 Å². The van der Waals surface area contributed by atoms with Crippen LogP contribution in [0.1, 0.15) is 32.6 Å². The van der Waals surface area contributed by atoms with E-state index in [-0.39, 0.29) is 5.69 Å². The Balaban J connectivity index is 0.000000223. The minimum Gasteiger partial charge on any atom is -0.313 e. The zero-order valence-electron chi connectivity index (χ0n) is 8.18. The second kappa shape index (κ2) is 9.53. The van der Waals surface area contributed by atoms with Crippen LogP contribution in [0.5, 0.6) is 0 Å². The molecule has 1 rings (SSSR count). The molecule has 1 atom stereocenters. The molecule has 0 amide bonds. The molecule has 2 N–H and O–H groups in total. The summed E-state index contributed by atoms with van der Waals surface area (Å²) in [5.74, 6) is 0. The second-order valence-electron chi connectivity index (χ2n) is 2.80. The molecule has 0 aliphatic heterocycles. The van der Waals surface area contributed by atoms with Gasteiger partial charge in [-0.3, -0.25) is 0 Å². The molecule has 0 saturated heterocycles. The maximum Gasteiger partial charge on any atom is 0.322 e. The fourth-order valence-corrected chi connectivity index (χ4v) is 1.14. The van der Waals surface area contributed by atoms with E-state index in [2.05, 4.69) is 26.1 Å². The number of aromatic amines is 2. The van der Waals surface area contributed by atoms with Gasteiger partial charge in [0.15, 0.2) is 0 Å². The topological polar surface area (TPSA) is 48.6 Å². The first-order valence-electron chi connectivity index (χ1n) is 4.73. The van der Waals surface area contributed by atoms with Crippen LogP contribution in [0.3, 0.4) is 0 Å². The fraction of sp³-hybridized carbons (Fsp3) is 0.667. The highest BCUT2D eigenvalue weighted by molar-refractivity contribution is 7.16. The third kappa shape index (κ3) is 9.35. The molecule has 13 heavy (non-hydrogen) atoms. The third-order valence-electron chi connectivity index (χ3n) is 1.57. The number of imidazole rings is 1. The van der Waals surface area contributed by atoms with E-state index in [4.69, 9.17) is 0 Å². The Bertz CT molecular complexity index is 211. The van der Waals surface area contributed by atoms with Crippen molar-refractivity contribution in [2.75, 3.05) is 6.16 Å². The molecule has 0 aromatic carbocycles. The molecule has 0 bridgehead atoms. The Morgan fingerprint density at radius 1 is 1.23 bits per heavy atom. The number of nitrogens with one attached hydrogen (secondary N) is 2. The van der Waals surface area contributed by atoms with Crippen LogP contribution in [-0.2, 0) is 0 Å². The van der Waals surface area contributed by atoms with E-state index < -0.39 is 0 Å². The smallest absolute Gasteiger partial charge is 0.313 e. The summed E-state index contributed by atoms with van der Waals surface area (Å²) >= 11 is 0. The quantitative estimate of drug-likeness (QED) is 0.570. The molecule has 0 radical (unpaired) electrons. The summed E-state index contributed by atoms with van der Waals surface area (Å²) in [7, 11) is 2.75. The van der Waals surface area contributed by atoms with E-state index in [1.807, 2.05) is 0 Å². The van der Waals surface area contributed by atoms with Gasteiger partial charge in [-0.05, 0) is 12.6 Å². The first-order valence-corrected chi connectivity index (χ1v) is 5.55. The maximum atomic E-state index is 9.96. The normalized spacial score (nSPS) is 9.08. The van der Waals surface area contributed by atoms with Crippen LogP contribution in [0.25, 0.3) is 0 Å². The van der Waals surface area contributed by atoms with Gasteiger partial charge in [0.25, 0.3) is 0 Å². The molecule has 0 aliphatic rings. The molecule has 0 fully saturated rings. The first-order chi connectivity index (χ1) is 6.31. The number of hydrogen-bond donors (Lipinski definition) is 2. The monoisotopic (exact) mass is 202 g/mol. The van der Waals surface area contributed by atoms with E-state index in [1.54, 1.807) is 12.4 Å². The average Bonchev–Trinajstić information content (AvgIpc) is 2.58. The Morgan fingerprint density at radius 2 is 1.85 bits per heavy atom. The van der Waals surface area contributed by atoms with Crippen molar-refractivity contribution in [3.05, 3.63) is 22.9 Å². The minimum atomic E-state index is -0.157. The summed E-state index contributed by atoms with van der Waals surface area (Å²) in [6.45, 7) is 2.24. The van der Waals surface area contributed by atoms with Crippen molar-refractivity contribution in [2.24, 2.45) is 0 Å². The molecule has 1 aromatic heterocycles. The van der Waals surface area contributed by atoms with Crippen molar-refractivity contribution in [3.63, 3.8) is 0 Å². The van der Waals surface area contributed by atoms with Crippen LogP contribution in [0, 0.1) is 0 Å². The molecule has 3 nitrogen and oxygen atoms in total. The van der Waals surface area contributed by atoms with E-state index in [9.17, 15) is 4.79 Å². The van der Waals surface area contributed by atoms with Crippen LogP contribution in [0.2, 0.25) is 0 Å². The van der Waals surface area contributed by atoms with Crippen LogP contribution >= 0.6 is 9.24 Å². The lowest BCUT2D eigenvalue weighted by atomic mass is 10.2. The Kier molecular flexibility index (Phi) is 9.12. The molecule has 76 valence electrons. The van der Waals surface area contributed by atoms with E-state index >= 15 is 0 Å². The Morgan fingerprint density at radius 3 is 2.15 bits per heavy atom. The highest BCUT2D eigenvalue weighted by Gasteiger charge is 1.80. The summed E-state index contributed by atoms with van der Waals surface area (Å²) in [6, 6.07) is 0. The summed E-state index contributed by atoms with van der Waals surface area (Å²) in [6.07, 6.45) is 9.93. The summed E-state index contributed by atoms with van der Waals surface area (Å²) in [5, 5.41) is 0. The van der Waals surface area contributed by atoms with E-state index in [1.165, 1.54) is 31.8 Å². The van der Waals surface area contributed by atoms with Gasteiger partial charge in [0.05, 0.1) is 0 Å². The third-order valence-corrected chi connectivity index (χ3v) is 1.98. The molecule has 1 unspecified atom stereocenters. The predicted octanol–water partition coefficient (Wildman–Crippen LogP) is 2.14. The lowest BCUT2D eigenvalue weighted by Crippen LogP contribution is -1.98. The highest BCUT2D eigenvalue weighted by atomic mass is 31.0. The van der Waals surface area contributed by atoms with Gasteiger partial charge in [0.2, 0.25) is 0 Å². The van der Waals surface area contributed by atoms with Crippen molar-refractivity contribution in [3.8, 4) is 0 Å². The predicted molar refractivity (Wildman–Crippen MR) is 60.1 cm³/mol. The summed E-state index contributed by atoms with van der Waals surface area (Å²) in [4.78, 5) is 14.7. The standard InChI is InChI=1S/C6H15P.C3H4N2O/c1-2-3-4-5-6-7;6-3-4-1-2-5-3/h2-7H2,1H3;1-2H,(H2,4,5,6). The van der Waals surface area contributed by atoms with Gasteiger partial charge in [0, 0.05) is 12.4 Å². The number of hydrogen-bond acceptors (Lipinski definition) is 1. The van der Waals surface area contributed by atoms with Gasteiger partial charge in [-0.2, -0.15) is 0 Å². The average molecular weight is 202 g/mol. The number of aromatic nitrogens is 2. The Hall–Kier alpha value is -0.560. The van der Waals surface area contributed by atoms with Gasteiger partial charge in [-0.15, -0.1) is 9.24 Å². The van der Waals surface area contributed by atoms with E-state index in [0.717, 1.165) is 0 Å². The molecular formula is C9H19N2OP. The summed E-state index contributed by atoms with van der Waals surface area (Å²) in [5.41, 5.74) is -0.157. The van der Waals surface area contributed by atoms with Crippen molar-refractivity contribution < 1.29 is 0 Å². The first kappa shape index (κ1) is 12.4. The van der Waals surface area contributed by atoms with Gasteiger partial charge in [0.1, 0.15) is 0 Å².